The number of hydrogen-bond donors (Lipinski definition) is 1. The van der Waals surface area contributed by atoms with Gasteiger partial charge in [-0.3, -0.25) is 5.01 Å². The van der Waals surface area contributed by atoms with Crippen molar-refractivity contribution in [2.24, 2.45) is 5.84 Å². The van der Waals surface area contributed by atoms with Crippen molar-refractivity contribution in [2.75, 3.05) is 0 Å². The van der Waals surface area contributed by atoms with Crippen LogP contribution in [0.25, 0.3) is 0 Å². The molecule has 0 fully saturated rings. The summed E-state index contributed by atoms with van der Waals surface area (Å²) in [7, 11) is 0. The second-order valence-electron chi connectivity index (χ2n) is 1.15. The molecule has 0 atom stereocenters. The van der Waals surface area contributed by atoms with Crippen molar-refractivity contribution in [1.82, 2.24) is 5.01 Å². The fraction of sp³-hybridized carbons (Fsp3) is 0. The predicted molar refractivity (Wildman–Crippen MR) is 32.6 cm³/mol. The standard InChI is InChI=1S/C4H6N2O.ClH/c5-6-1-3-7-4-2-6;/h1-4H,5H2;1H. The molecule has 4 heteroatoms. The van der Waals surface area contributed by atoms with Crippen molar-refractivity contribution < 1.29 is 4.74 Å². The Hall–Kier alpha value is -0.670. The SMILES string of the molecule is Cl.NN1C=COC=C1. The van der Waals surface area contributed by atoms with Gasteiger partial charge in [-0.1, -0.05) is 0 Å². The zero-order valence-corrected chi connectivity index (χ0v) is 4.97. The number of hydrogen-bond acceptors (Lipinski definition) is 3. The molecule has 1 rings (SSSR count). The van der Waals surface area contributed by atoms with E-state index < -0.39 is 0 Å². The molecule has 0 radical (unpaired) electrons. The monoisotopic (exact) mass is 134 g/mol. The van der Waals surface area contributed by atoms with Crippen molar-refractivity contribution >= 4 is 12.4 Å². The number of rotatable bonds is 0. The highest BCUT2D eigenvalue weighted by molar-refractivity contribution is 5.85. The molecular formula is C4H7ClN2O. The lowest BCUT2D eigenvalue weighted by atomic mass is 10.8. The second kappa shape index (κ2) is 3.35. The topological polar surface area (TPSA) is 38.5 Å². The normalized spacial score (nSPS) is 14.9. The summed E-state index contributed by atoms with van der Waals surface area (Å²) in [6.45, 7) is 0. The van der Waals surface area contributed by atoms with E-state index in [0.717, 1.165) is 0 Å². The molecule has 1 aliphatic rings. The van der Waals surface area contributed by atoms with Gasteiger partial charge in [0.2, 0.25) is 0 Å². The van der Waals surface area contributed by atoms with E-state index in [1.807, 2.05) is 0 Å². The molecule has 1 aliphatic heterocycles. The summed E-state index contributed by atoms with van der Waals surface area (Å²) >= 11 is 0. The first-order chi connectivity index (χ1) is 3.39. The third kappa shape index (κ3) is 1.86. The third-order valence-corrected chi connectivity index (χ3v) is 0.623. The molecule has 0 spiro atoms. The van der Waals surface area contributed by atoms with E-state index in [-0.39, 0.29) is 12.4 Å². The van der Waals surface area contributed by atoms with Crippen LogP contribution < -0.4 is 5.84 Å². The van der Waals surface area contributed by atoms with Crippen molar-refractivity contribution in [1.29, 1.82) is 0 Å². The number of ether oxygens (including phenoxy) is 1. The molecule has 0 aliphatic carbocycles. The molecule has 0 aromatic rings. The van der Waals surface area contributed by atoms with E-state index in [2.05, 4.69) is 4.74 Å². The van der Waals surface area contributed by atoms with Gasteiger partial charge in [-0.25, -0.2) is 5.84 Å². The average Bonchev–Trinajstić information content (AvgIpc) is 1.69. The van der Waals surface area contributed by atoms with Crippen LogP contribution in [0.1, 0.15) is 0 Å². The maximum absolute atomic E-state index is 5.21. The molecule has 0 saturated carbocycles. The second-order valence-corrected chi connectivity index (χ2v) is 1.15. The smallest absolute Gasteiger partial charge is 0.108 e. The van der Waals surface area contributed by atoms with Crippen LogP contribution in [0.3, 0.4) is 0 Å². The van der Waals surface area contributed by atoms with Crippen LogP contribution in [0.5, 0.6) is 0 Å². The lowest BCUT2D eigenvalue weighted by molar-refractivity contribution is 0.348. The summed E-state index contributed by atoms with van der Waals surface area (Å²) in [6.07, 6.45) is 6.22. The van der Waals surface area contributed by atoms with E-state index >= 15 is 0 Å². The van der Waals surface area contributed by atoms with Crippen molar-refractivity contribution in [3.05, 3.63) is 24.9 Å². The van der Waals surface area contributed by atoms with Crippen LogP contribution >= 0.6 is 12.4 Å². The molecule has 0 amide bonds. The lowest BCUT2D eigenvalue weighted by Gasteiger charge is -2.08. The largest absolute Gasteiger partial charge is 0.469 e. The summed E-state index contributed by atoms with van der Waals surface area (Å²) in [5.41, 5.74) is 0. The van der Waals surface area contributed by atoms with Gasteiger partial charge in [0.25, 0.3) is 0 Å². The van der Waals surface area contributed by atoms with Gasteiger partial charge in [-0.15, -0.1) is 12.4 Å². The van der Waals surface area contributed by atoms with E-state index in [1.165, 1.54) is 17.5 Å². The van der Waals surface area contributed by atoms with E-state index in [0.29, 0.717) is 0 Å². The summed E-state index contributed by atoms with van der Waals surface area (Å²) in [5, 5.41) is 1.41. The lowest BCUT2D eigenvalue weighted by Crippen LogP contribution is -2.18. The maximum Gasteiger partial charge on any atom is 0.108 e. The Balaban J connectivity index is 0.000000490. The highest BCUT2D eigenvalue weighted by atomic mass is 35.5. The molecule has 0 aromatic heterocycles. The molecular weight excluding hydrogens is 128 g/mol. The molecule has 0 saturated heterocycles. The van der Waals surface area contributed by atoms with Crippen LogP contribution in [-0.4, -0.2) is 5.01 Å². The minimum absolute atomic E-state index is 0. The van der Waals surface area contributed by atoms with Crippen LogP contribution in [-0.2, 0) is 4.74 Å². The molecule has 1 heterocycles. The highest BCUT2D eigenvalue weighted by Gasteiger charge is 1.85. The van der Waals surface area contributed by atoms with Gasteiger partial charge >= 0.3 is 0 Å². The summed E-state index contributed by atoms with van der Waals surface area (Å²) < 4.78 is 4.66. The van der Waals surface area contributed by atoms with Crippen LogP contribution in [0, 0.1) is 0 Å². The predicted octanol–water partition coefficient (Wildman–Crippen LogP) is 0.557. The van der Waals surface area contributed by atoms with Gasteiger partial charge in [0.05, 0.1) is 12.4 Å². The number of nitrogens with two attached hydrogens (primary N) is 1. The van der Waals surface area contributed by atoms with Crippen LogP contribution in [0.15, 0.2) is 24.9 Å². The van der Waals surface area contributed by atoms with Crippen LogP contribution in [0.2, 0.25) is 0 Å². The first-order valence-corrected chi connectivity index (χ1v) is 1.91. The molecule has 2 N–H and O–H groups in total. The molecule has 0 unspecified atom stereocenters. The van der Waals surface area contributed by atoms with Crippen LogP contribution in [0.4, 0.5) is 0 Å². The zero-order chi connectivity index (χ0) is 5.11. The Morgan fingerprint density at radius 2 is 1.75 bits per heavy atom. The molecule has 0 bridgehead atoms. The van der Waals surface area contributed by atoms with E-state index in [1.54, 1.807) is 12.4 Å². The summed E-state index contributed by atoms with van der Waals surface area (Å²) in [4.78, 5) is 0. The van der Waals surface area contributed by atoms with Gasteiger partial charge in [0.15, 0.2) is 0 Å². The van der Waals surface area contributed by atoms with Gasteiger partial charge in [0.1, 0.15) is 12.5 Å². The van der Waals surface area contributed by atoms with Crippen molar-refractivity contribution in [2.45, 2.75) is 0 Å². The molecule has 46 valence electrons. The fourth-order valence-electron chi connectivity index (χ4n) is 0.306. The van der Waals surface area contributed by atoms with Gasteiger partial charge < -0.3 is 4.74 Å². The van der Waals surface area contributed by atoms with Crippen molar-refractivity contribution in [3.63, 3.8) is 0 Å². The first-order valence-electron chi connectivity index (χ1n) is 1.91. The fourth-order valence-corrected chi connectivity index (χ4v) is 0.306. The van der Waals surface area contributed by atoms with Gasteiger partial charge in [-0.05, 0) is 0 Å². The number of halogens is 1. The Labute approximate surface area is 53.8 Å². The number of hydrazine groups is 1. The molecule has 3 nitrogen and oxygen atoms in total. The van der Waals surface area contributed by atoms with Gasteiger partial charge in [-0.2, -0.15) is 0 Å². The number of nitrogens with zero attached hydrogens (tertiary/aromatic N) is 1. The Morgan fingerprint density at radius 3 is 2.00 bits per heavy atom. The quantitative estimate of drug-likeness (QED) is 0.492. The minimum Gasteiger partial charge on any atom is -0.469 e. The Morgan fingerprint density at radius 1 is 1.25 bits per heavy atom. The zero-order valence-electron chi connectivity index (χ0n) is 4.15. The third-order valence-electron chi connectivity index (χ3n) is 0.623. The van der Waals surface area contributed by atoms with E-state index in [4.69, 9.17) is 5.84 Å². The minimum atomic E-state index is 0. The summed E-state index contributed by atoms with van der Waals surface area (Å²) in [5.74, 6) is 5.21. The van der Waals surface area contributed by atoms with E-state index in [9.17, 15) is 0 Å². The Kier molecular flexibility index (Phi) is 3.07. The maximum atomic E-state index is 5.21. The highest BCUT2D eigenvalue weighted by Crippen LogP contribution is 1.91. The van der Waals surface area contributed by atoms with Crippen molar-refractivity contribution in [3.8, 4) is 0 Å². The molecule has 8 heavy (non-hydrogen) atoms. The molecule has 0 aromatic carbocycles. The van der Waals surface area contributed by atoms with Gasteiger partial charge in [0, 0.05) is 0 Å². The first kappa shape index (κ1) is 7.33. The summed E-state index contributed by atoms with van der Waals surface area (Å²) in [6, 6.07) is 0. The Bertz CT molecular complexity index is 101. The average molecular weight is 135 g/mol.